The van der Waals surface area contributed by atoms with E-state index in [1.807, 2.05) is 0 Å². The number of benzene rings is 2. The van der Waals surface area contributed by atoms with Gasteiger partial charge in [0.15, 0.2) is 6.10 Å². The molecule has 1 atom stereocenters. The number of rotatable bonds is 7. The number of amides is 1. The van der Waals surface area contributed by atoms with Crippen LogP contribution in [0.3, 0.4) is 0 Å². The highest BCUT2D eigenvalue weighted by Crippen LogP contribution is 2.19. The Hall–Kier alpha value is -3.73. The fourth-order valence-corrected chi connectivity index (χ4v) is 3.51. The third kappa shape index (κ3) is 5.45. The number of ether oxygens (including phenoxy) is 1. The van der Waals surface area contributed by atoms with Crippen LogP contribution in [0.4, 0.5) is 16.0 Å². The number of carbonyl (C=O) groups excluding carboxylic acids is 2. The summed E-state index contributed by atoms with van der Waals surface area (Å²) in [7, 11) is -4.07. The average molecular weight is 447 g/mol. The van der Waals surface area contributed by atoms with Gasteiger partial charge in [-0.05, 0) is 50.2 Å². The molecule has 162 valence electrons. The monoisotopic (exact) mass is 447 g/mol. The van der Waals surface area contributed by atoms with E-state index >= 15 is 0 Å². The summed E-state index contributed by atoms with van der Waals surface area (Å²) in [6, 6.07) is 11.6. The molecule has 0 bridgehead atoms. The third-order valence-electron chi connectivity index (χ3n) is 4.05. The van der Waals surface area contributed by atoms with Gasteiger partial charge >= 0.3 is 5.97 Å². The van der Waals surface area contributed by atoms with Crippen molar-refractivity contribution in [3.63, 3.8) is 0 Å². The molecule has 0 aliphatic carbocycles. The molecule has 0 aliphatic rings. The molecule has 1 unspecified atom stereocenters. The van der Waals surface area contributed by atoms with Crippen LogP contribution in [-0.2, 0) is 19.6 Å². The predicted molar refractivity (Wildman–Crippen MR) is 108 cm³/mol. The molecule has 0 fully saturated rings. The normalized spacial score (nSPS) is 12.1. The first-order chi connectivity index (χ1) is 14.7. The fraction of sp³-hybridized carbons (Fsp3) is 0.150. The lowest BCUT2D eigenvalue weighted by molar-refractivity contribution is -0.123. The molecule has 0 saturated heterocycles. The summed E-state index contributed by atoms with van der Waals surface area (Å²) in [5.74, 6) is -2.07. The van der Waals surface area contributed by atoms with Gasteiger partial charge in [0.2, 0.25) is 5.88 Å². The number of aryl methyl sites for hydroxylation is 1. The van der Waals surface area contributed by atoms with Crippen LogP contribution in [-0.4, -0.2) is 31.6 Å². The highest BCUT2D eigenvalue weighted by Gasteiger charge is 2.21. The van der Waals surface area contributed by atoms with E-state index in [1.54, 1.807) is 6.92 Å². The SMILES string of the molecule is Cc1cc(NC(=O)C(C)OC(=O)c2ccc(S(=O)(=O)Nc3ccccc3F)cc2)on1. The van der Waals surface area contributed by atoms with E-state index in [9.17, 15) is 22.4 Å². The highest BCUT2D eigenvalue weighted by atomic mass is 32.2. The van der Waals surface area contributed by atoms with Gasteiger partial charge in [-0.25, -0.2) is 17.6 Å². The summed E-state index contributed by atoms with van der Waals surface area (Å²) in [5.41, 5.74) is 0.396. The molecule has 1 heterocycles. The number of esters is 1. The second-order valence-corrected chi connectivity index (χ2v) is 8.16. The van der Waals surface area contributed by atoms with Crippen molar-refractivity contribution in [2.45, 2.75) is 24.8 Å². The Kier molecular flexibility index (Phi) is 6.35. The van der Waals surface area contributed by atoms with Crippen LogP contribution in [0.5, 0.6) is 0 Å². The van der Waals surface area contributed by atoms with Gasteiger partial charge in [0.1, 0.15) is 5.82 Å². The van der Waals surface area contributed by atoms with Gasteiger partial charge in [-0.3, -0.25) is 14.8 Å². The lowest BCUT2D eigenvalue weighted by Crippen LogP contribution is -2.29. The van der Waals surface area contributed by atoms with Crippen LogP contribution in [0.1, 0.15) is 23.0 Å². The minimum absolute atomic E-state index is 0.0278. The van der Waals surface area contributed by atoms with Crippen molar-refractivity contribution in [3.8, 4) is 0 Å². The molecule has 1 amide bonds. The second-order valence-electron chi connectivity index (χ2n) is 6.48. The Bertz CT molecular complexity index is 1210. The summed E-state index contributed by atoms with van der Waals surface area (Å²) < 4.78 is 50.6. The van der Waals surface area contributed by atoms with Gasteiger partial charge in [0.05, 0.1) is 21.8 Å². The van der Waals surface area contributed by atoms with Gasteiger partial charge in [-0.1, -0.05) is 17.3 Å². The summed E-state index contributed by atoms with van der Waals surface area (Å²) >= 11 is 0. The zero-order valence-corrected chi connectivity index (χ0v) is 17.3. The number of sulfonamides is 1. The number of nitrogens with zero attached hydrogens (tertiary/aromatic N) is 1. The lowest BCUT2D eigenvalue weighted by Gasteiger charge is -2.13. The minimum Gasteiger partial charge on any atom is -0.449 e. The zero-order valence-electron chi connectivity index (χ0n) is 16.5. The summed E-state index contributed by atoms with van der Waals surface area (Å²) in [5, 5.41) is 6.04. The molecule has 0 radical (unpaired) electrons. The van der Waals surface area contributed by atoms with Crippen molar-refractivity contribution in [2.24, 2.45) is 0 Å². The third-order valence-corrected chi connectivity index (χ3v) is 5.43. The maximum absolute atomic E-state index is 13.7. The highest BCUT2D eigenvalue weighted by molar-refractivity contribution is 7.92. The molecule has 31 heavy (non-hydrogen) atoms. The maximum Gasteiger partial charge on any atom is 0.338 e. The van der Waals surface area contributed by atoms with Crippen LogP contribution in [0, 0.1) is 12.7 Å². The van der Waals surface area contributed by atoms with E-state index in [0.717, 1.165) is 6.07 Å². The van der Waals surface area contributed by atoms with E-state index < -0.39 is 33.8 Å². The Morgan fingerprint density at radius 2 is 1.81 bits per heavy atom. The Balaban J connectivity index is 1.64. The summed E-state index contributed by atoms with van der Waals surface area (Å²) in [4.78, 5) is 24.2. The van der Waals surface area contributed by atoms with Gasteiger partial charge in [-0.2, -0.15) is 0 Å². The smallest absolute Gasteiger partial charge is 0.338 e. The molecule has 11 heteroatoms. The molecule has 9 nitrogen and oxygen atoms in total. The van der Waals surface area contributed by atoms with Crippen molar-refractivity contribution in [1.29, 1.82) is 0 Å². The van der Waals surface area contributed by atoms with Gasteiger partial charge in [0.25, 0.3) is 15.9 Å². The maximum atomic E-state index is 13.7. The molecular formula is C20H18FN3O6S. The topological polar surface area (TPSA) is 128 Å². The minimum atomic E-state index is -4.07. The molecule has 0 spiro atoms. The van der Waals surface area contributed by atoms with E-state index in [1.165, 1.54) is 55.5 Å². The molecular weight excluding hydrogens is 429 g/mol. The van der Waals surface area contributed by atoms with E-state index in [2.05, 4.69) is 15.2 Å². The van der Waals surface area contributed by atoms with Crippen molar-refractivity contribution in [3.05, 3.63) is 71.7 Å². The summed E-state index contributed by atoms with van der Waals surface area (Å²) in [6.45, 7) is 3.05. The second kappa shape index (κ2) is 8.96. The molecule has 0 aliphatic heterocycles. The average Bonchev–Trinajstić information content (AvgIpc) is 3.14. The molecule has 3 aromatic rings. The number of halogens is 1. The number of aromatic nitrogens is 1. The standard InChI is InChI=1S/C20H18FN3O6S/c1-12-11-18(30-23-12)22-19(25)13(2)29-20(26)14-7-9-15(10-8-14)31(27,28)24-17-6-4-3-5-16(17)21/h3-11,13,24H,1-2H3,(H,22,25). The first-order valence-electron chi connectivity index (χ1n) is 8.98. The Morgan fingerprint density at radius 3 is 2.42 bits per heavy atom. The van der Waals surface area contributed by atoms with Gasteiger partial charge < -0.3 is 9.26 Å². The number of hydrogen-bond donors (Lipinski definition) is 2. The molecule has 1 aromatic heterocycles. The molecule has 2 aromatic carbocycles. The Labute approximate surface area is 177 Å². The van der Waals surface area contributed by atoms with Crippen molar-refractivity contribution >= 4 is 33.5 Å². The quantitative estimate of drug-likeness (QED) is 0.533. The van der Waals surface area contributed by atoms with Gasteiger partial charge in [0, 0.05) is 6.07 Å². The molecule has 0 saturated carbocycles. The van der Waals surface area contributed by atoms with Crippen molar-refractivity contribution in [2.75, 3.05) is 10.0 Å². The van der Waals surface area contributed by atoms with Crippen LogP contribution in [0.25, 0.3) is 0 Å². The number of carbonyl (C=O) groups is 2. The first kappa shape index (κ1) is 22.0. The summed E-state index contributed by atoms with van der Waals surface area (Å²) in [6.07, 6.45) is -1.15. The largest absolute Gasteiger partial charge is 0.449 e. The number of anilines is 2. The van der Waals surface area contributed by atoms with Crippen LogP contribution >= 0.6 is 0 Å². The Morgan fingerprint density at radius 1 is 1.13 bits per heavy atom. The lowest BCUT2D eigenvalue weighted by atomic mass is 10.2. The van der Waals surface area contributed by atoms with Crippen LogP contribution < -0.4 is 10.0 Å². The van der Waals surface area contributed by atoms with Crippen LogP contribution in [0.15, 0.2) is 64.0 Å². The first-order valence-corrected chi connectivity index (χ1v) is 10.5. The van der Waals surface area contributed by atoms with E-state index in [-0.39, 0.29) is 22.0 Å². The van der Waals surface area contributed by atoms with E-state index in [4.69, 9.17) is 9.26 Å². The number of para-hydroxylation sites is 1. The fourth-order valence-electron chi connectivity index (χ4n) is 2.45. The zero-order chi connectivity index (χ0) is 22.6. The van der Waals surface area contributed by atoms with Gasteiger partial charge in [-0.15, -0.1) is 0 Å². The number of hydrogen-bond acceptors (Lipinski definition) is 7. The van der Waals surface area contributed by atoms with Crippen molar-refractivity contribution < 1.29 is 31.7 Å². The number of nitrogens with one attached hydrogen (secondary N) is 2. The van der Waals surface area contributed by atoms with E-state index in [0.29, 0.717) is 5.69 Å². The molecule has 2 N–H and O–H groups in total. The predicted octanol–water partition coefficient (Wildman–Crippen LogP) is 3.11. The van der Waals surface area contributed by atoms with Crippen LogP contribution in [0.2, 0.25) is 0 Å². The van der Waals surface area contributed by atoms with Crippen molar-refractivity contribution in [1.82, 2.24) is 5.16 Å². The molecule has 3 rings (SSSR count).